The molecule has 1 aromatic heterocycles. The molecule has 0 radical (unpaired) electrons. The van der Waals surface area contributed by atoms with Crippen LogP contribution >= 0.6 is 0 Å². The fraction of sp³-hybridized carbons (Fsp3) is 0.407. The van der Waals surface area contributed by atoms with Gasteiger partial charge in [-0.05, 0) is 69.4 Å². The molecule has 0 saturated carbocycles. The first kappa shape index (κ1) is 21.7. The first-order valence-corrected chi connectivity index (χ1v) is 11.7. The molecular weight excluding hydrogens is 412 g/mol. The molecule has 1 fully saturated rings. The maximum atomic E-state index is 6.16. The number of ether oxygens (including phenoxy) is 1. The Hall–Kier alpha value is -3.14. The average Bonchev–Trinajstić information content (AvgIpc) is 3.53. The predicted octanol–water partition coefficient (Wildman–Crippen LogP) is 4.58. The van der Waals surface area contributed by atoms with Crippen LogP contribution in [0.25, 0.3) is 22.8 Å². The summed E-state index contributed by atoms with van der Waals surface area (Å²) in [6.45, 7) is 7.86. The van der Waals surface area contributed by atoms with E-state index in [1.165, 1.54) is 11.1 Å². The lowest BCUT2D eigenvalue weighted by Crippen LogP contribution is -2.29. The van der Waals surface area contributed by atoms with Crippen molar-refractivity contribution in [2.24, 2.45) is 5.73 Å². The van der Waals surface area contributed by atoms with Crippen molar-refractivity contribution in [3.05, 3.63) is 53.1 Å². The van der Waals surface area contributed by atoms with Crippen molar-refractivity contribution >= 4 is 0 Å². The monoisotopic (exact) mass is 442 g/mol. The number of aromatic nitrogens is 2. The molecule has 2 unspecified atom stereocenters. The Morgan fingerprint density at radius 2 is 2.09 bits per heavy atom. The second-order valence-electron chi connectivity index (χ2n) is 9.15. The Kier molecular flexibility index (Phi) is 5.92. The summed E-state index contributed by atoms with van der Waals surface area (Å²) in [7, 11) is 0. The van der Waals surface area contributed by atoms with Crippen molar-refractivity contribution in [3.8, 4) is 40.4 Å². The third kappa shape index (κ3) is 4.27. The molecule has 2 N–H and O–H groups in total. The van der Waals surface area contributed by atoms with Gasteiger partial charge in [0.2, 0.25) is 5.82 Å². The largest absolute Gasteiger partial charge is 0.490 e. The van der Waals surface area contributed by atoms with Crippen LogP contribution in [-0.4, -0.2) is 40.3 Å². The normalized spacial score (nSPS) is 20.0. The molecule has 2 heterocycles. The van der Waals surface area contributed by atoms with Gasteiger partial charge in [0.05, 0.1) is 11.7 Å². The second-order valence-corrected chi connectivity index (χ2v) is 9.15. The van der Waals surface area contributed by atoms with Crippen LogP contribution in [0.1, 0.15) is 56.3 Å². The van der Waals surface area contributed by atoms with Gasteiger partial charge < -0.3 is 15.0 Å². The van der Waals surface area contributed by atoms with E-state index in [0.29, 0.717) is 17.8 Å². The van der Waals surface area contributed by atoms with Crippen molar-refractivity contribution in [1.82, 2.24) is 15.0 Å². The van der Waals surface area contributed by atoms with E-state index in [0.717, 1.165) is 54.8 Å². The zero-order valence-electron chi connectivity index (χ0n) is 19.5. The number of rotatable bonds is 5. The quantitative estimate of drug-likeness (QED) is 0.583. The van der Waals surface area contributed by atoms with Gasteiger partial charge in [0.25, 0.3) is 5.89 Å². The summed E-state index contributed by atoms with van der Waals surface area (Å²) in [5, 5.41) is 4.33. The van der Waals surface area contributed by atoms with Crippen LogP contribution in [0.4, 0.5) is 0 Å². The molecule has 0 spiro atoms. The third-order valence-corrected chi connectivity index (χ3v) is 6.45. The van der Waals surface area contributed by atoms with Crippen molar-refractivity contribution in [2.45, 2.75) is 58.2 Å². The first-order chi connectivity index (χ1) is 16.0. The van der Waals surface area contributed by atoms with Crippen LogP contribution in [0, 0.1) is 11.8 Å². The Labute approximate surface area is 195 Å². The van der Waals surface area contributed by atoms with E-state index in [9.17, 15) is 0 Å². The molecule has 1 aliphatic heterocycles. The molecule has 5 rings (SSSR count). The van der Waals surface area contributed by atoms with Gasteiger partial charge in [0, 0.05) is 36.3 Å². The first-order valence-electron chi connectivity index (χ1n) is 11.7. The zero-order chi connectivity index (χ0) is 22.9. The predicted molar refractivity (Wildman–Crippen MR) is 129 cm³/mol. The SMILES string of the molecule is CC#Cc1cc(-c2nc(-c3cccc4c3CCC4N3CCC(N)C3)no2)ccc1OC(C)C. The van der Waals surface area contributed by atoms with E-state index in [2.05, 4.69) is 40.1 Å². The molecular formula is C27H30N4O2. The van der Waals surface area contributed by atoms with Crippen molar-refractivity contribution in [3.63, 3.8) is 0 Å². The number of nitrogens with two attached hydrogens (primary N) is 1. The van der Waals surface area contributed by atoms with Crippen molar-refractivity contribution < 1.29 is 9.26 Å². The van der Waals surface area contributed by atoms with Crippen LogP contribution in [0.5, 0.6) is 5.75 Å². The van der Waals surface area contributed by atoms with E-state index in [1.54, 1.807) is 0 Å². The van der Waals surface area contributed by atoms with Gasteiger partial charge >= 0.3 is 0 Å². The van der Waals surface area contributed by atoms with Crippen LogP contribution in [0.2, 0.25) is 0 Å². The van der Waals surface area contributed by atoms with Gasteiger partial charge in [-0.1, -0.05) is 29.3 Å². The molecule has 0 amide bonds. The second kappa shape index (κ2) is 9.01. The standard InChI is InChI=1S/C27H30N4O2/c1-4-6-18-15-19(9-12-25(18)32-17(2)3)27-29-26(30-33-27)23-8-5-7-22-21(23)10-11-24(22)31-14-13-20(28)16-31/h5,7-9,12,15,17,20,24H,10-11,13-14,16,28H2,1-3H3. The summed E-state index contributed by atoms with van der Waals surface area (Å²) < 4.78 is 11.6. The Morgan fingerprint density at radius 1 is 1.21 bits per heavy atom. The average molecular weight is 443 g/mol. The van der Waals surface area contributed by atoms with Gasteiger partial charge in [-0.2, -0.15) is 4.98 Å². The van der Waals surface area contributed by atoms with E-state index >= 15 is 0 Å². The molecule has 6 nitrogen and oxygen atoms in total. The fourth-order valence-corrected chi connectivity index (χ4v) is 5.02. The summed E-state index contributed by atoms with van der Waals surface area (Å²) in [6, 6.07) is 13.0. The molecule has 2 atom stereocenters. The molecule has 2 aliphatic rings. The molecule has 1 saturated heterocycles. The summed E-state index contributed by atoms with van der Waals surface area (Å²) >= 11 is 0. The summed E-state index contributed by atoms with van der Waals surface area (Å²) in [5.74, 6) is 7.95. The topological polar surface area (TPSA) is 77.4 Å². The highest BCUT2D eigenvalue weighted by molar-refractivity contribution is 5.67. The minimum atomic E-state index is 0.0727. The molecule has 6 heteroatoms. The maximum Gasteiger partial charge on any atom is 0.258 e. The Morgan fingerprint density at radius 3 is 2.85 bits per heavy atom. The van der Waals surface area contributed by atoms with Crippen LogP contribution < -0.4 is 10.5 Å². The number of nitrogens with zero attached hydrogens (tertiary/aromatic N) is 3. The van der Waals surface area contributed by atoms with E-state index in [1.807, 2.05) is 39.0 Å². The highest BCUT2D eigenvalue weighted by atomic mass is 16.5. The van der Waals surface area contributed by atoms with Crippen molar-refractivity contribution in [2.75, 3.05) is 13.1 Å². The van der Waals surface area contributed by atoms with Gasteiger partial charge in [0.1, 0.15) is 5.75 Å². The lowest BCUT2D eigenvalue weighted by atomic mass is 10.0. The molecule has 170 valence electrons. The lowest BCUT2D eigenvalue weighted by molar-refractivity contribution is 0.242. The summed E-state index contributed by atoms with van der Waals surface area (Å²) in [4.78, 5) is 7.28. The van der Waals surface area contributed by atoms with Gasteiger partial charge in [-0.3, -0.25) is 4.90 Å². The van der Waals surface area contributed by atoms with Crippen LogP contribution in [0.15, 0.2) is 40.9 Å². The maximum absolute atomic E-state index is 6.16. The molecule has 3 aromatic rings. The molecule has 33 heavy (non-hydrogen) atoms. The molecule has 1 aliphatic carbocycles. The van der Waals surface area contributed by atoms with Crippen LogP contribution in [0.3, 0.4) is 0 Å². The Balaban J connectivity index is 1.45. The van der Waals surface area contributed by atoms with E-state index in [4.69, 9.17) is 20.0 Å². The number of hydrogen-bond acceptors (Lipinski definition) is 6. The van der Waals surface area contributed by atoms with Gasteiger partial charge in [-0.15, -0.1) is 5.92 Å². The van der Waals surface area contributed by atoms with Crippen LogP contribution in [-0.2, 0) is 6.42 Å². The lowest BCUT2D eigenvalue weighted by Gasteiger charge is -2.24. The highest BCUT2D eigenvalue weighted by Crippen LogP contribution is 2.41. The van der Waals surface area contributed by atoms with Gasteiger partial charge in [0.15, 0.2) is 0 Å². The zero-order valence-corrected chi connectivity index (χ0v) is 19.5. The molecule has 2 aromatic carbocycles. The minimum Gasteiger partial charge on any atom is -0.490 e. The van der Waals surface area contributed by atoms with Crippen molar-refractivity contribution in [1.29, 1.82) is 0 Å². The van der Waals surface area contributed by atoms with E-state index in [-0.39, 0.29) is 12.1 Å². The fourth-order valence-electron chi connectivity index (χ4n) is 5.02. The number of benzene rings is 2. The number of hydrogen-bond donors (Lipinski definition) is 1. The smallest absolute Gasteiger partial charge is 0.258 e. The number of fused-ring (bicyclic) bond motifs is 1. The molecule has 0 bridgehead atoms. The highest BCUT2D eigenvalue weighted by Gasteiger charge is 2.33. The third-order valence-electron chi connectivity index (χ3n) is 6.45. The summed E-state index contributed by atoms with van der Waals surface area (Å²) in [6.07, 6.45) is 3.28. The Bertz CT molecular complexity index is 1220. The minimum absolute atomic E-state index is 0.0727. The number of likely N-dealkylation sites (tertiary alicyclic amines) is 1. The van der Waals surface area contributed by atoms with E-state index < -0.39 is 0 Å². The summed E-state index contributed by atoms with van der Waals surface area (Å²) in [5.41, 5.74) is 11.6. The van der Waals surface area contributed by atoms with Gasteiger partial charge in [-0.25, -0.2) is 0 Å².